The van der Waals surface area contributed by atoms with E-state index in [1.807, 2.05) is 0 Å². The minimum Gasteiger partial charge on any atom is -0.313 e. The molecule has 0 bridgehead atoms. The van der Waals surface area contributed by atoms with Gasteiger partial charge in [0.2, 0.25) is 20.0 Å². The fraction of sp³-hybridized carbons (Fsp3) is 0.500. The molecule has 3 N–H and O–H groups in total. The van der Waals surface area contributed by atoms with Crippen molar-refractivity contribution in [3.63, 3.8) is 0 Å². The molecule has 9 heteroatoms. The van der Waals surface area contributed by atoms with Crippen LogP contribution in [0.25, 0.3) is 0 Å². The Hall–Kier alpha value is -1.00. The van der Waals surface area contributed by atoms with E-state index in [1.165, 1.54) is 29.6 Å². The lowest BCUT2D eigenvalue weighted by atomic mass is 10.2. The number of sulfonamides is 2. The number of likely N-dealkylation sites (N-methyl/N-ethyl adjacent to an activating group) is 1. The molecule has 0 radical (unpaired) electrons. The van der Waals surface area contributed by atoms with Gasteiger partial charge in [0.25, 0.3) is 0 Å². The van der Waals surface area contributed by atoms with Crippen LogP contribution in [0.3, 0.4) is 0 Å². The molecule has 1 heterocycles. The third-order valence-corrected chi connectivity index (χ3v) is 6.21. The number of rotatable bonds is 5. The molecule has 0 aliphatic carbocycles. The van der Waals surface area contributed by atoms with Crippen molar-refractivity contribution in [3.05, 3.63) is 24.3 Å². The maximum absolute atomic E-state index is 12.5. The fourth-order valence-corrected chi connectivity index (χ4v) is 4.21. The summed E-state index contributed by atoms with van der Waals surface area (Å²) in [6, 6.07) is 5.22. The highest BCUT2D eigenvalue weighted by Gasteiger charge is 2.26. The predicted octanol–water partition coefficient (Wildman–Crippen LogP) is -0.293. The maximum atomic E-state index is 12.5. The number of hydrogen-bond donors (Lipinski definition) is 2. The van der Waals surface area contributed by atoms with E-state index in [1.54, 1.807) is 0 Å². The van der Waals surface area contributed by atoms with E-state index in [0.717, 1.165) is 25.5 Å². The van der Waals surface area contributed by atoms with Crippen LogP contribution in [0.5, 0.6) is 0 Å². The molecule has 1 aliphatic rings. The summed E-state index contributed by atoms with van der Waals surface area (Å²) >= 11 is 0. The summed E-state index contributed by atoms with van der Waals surface area (Å²) in [4.78, 5) is -0.287. The number of nitrogens with one attached hydrogen (secondary N) is 1. The van der Waals surface area contributed by atoms with E-state index < -0.39 is 20.0 Å². The summed E-state index contributed by atoms with van der Waals surface area (Å²) < 4.78 is 48.8. The molecule has 1 saturated heterocycles. The molecule has 1 aliphatic heterocycles. The molecule has 0 amide bonds. The first-order valence-electron chi connectivity index (χ1n) is 6.54. The average molecular weight is 333 g/mol. The van der Waals surface area contributed by atoms with Crippen LogP contribution in [0.15, 0.2) is 34.1 Å². The van der Waals surface area contributed by atoms with Crippen molar-refractivity contribution >= 4 is 20.0 Å². The highest BCUT2D eigenvalue weighted by atomic mass is 32.2. The van der Waals surface area contributed by atoms with Gasteiger partial charge in [0, 0.05) is 19.6 Å². The van der Waals surface area contributed by atoms with Crippen molar-refractivity contribution < 1.29 is 16.8 Å². The third kappa shape index (κ3) is 3.80. The Balaban J connectivity index is 2.26. The lowest BCUT2D eigenvalue weighted by molar-refractivity contribution is 0.417. The SMILES string of the molecule is CN(CC1CCCN1)S(=O)(=O)c1cccc(S(N)(=O)=O)c1. The number of nitrogens with zero attached hydrogens (tertiary/aromatic N) is 1. The molecule has 7 nitrogen and oxygen atoms in total. The van der Waals surface area contributed by atoms with Crippen molar-refractivity contribution in [2.45, 2.75) is 28.7 Å². The third-order valence-electron chi connectivity index (χ3n) is 3.48. The first-order valence-corrected chi connectivity index (χ1v) is 9.52. The Morgan fingerprint density at radius 3 is 2.52 bits per heavy atom. The molecule has 2 rings (SSSR count). The van der Waals surface area contributed by atoms with Gasteiger partial charge in [-0.3, -0.25) is 0 Å². The second-order valence-corrected chi connectivity index (χ2v) is 8.70. The van der Waals surface area contributed by atoms with Gasteiger partial charge < -0.3 is 5.32 Å². The second kappa shape index (κ2) is 6.01. The van der Waals surface area contributed by atoms with Gasteiger partial charge in [-0.25, -0.2) is 22.0 Å². The molecule has 0 aromatic heterocycles. The number of benzene rings is 1. The number of primary sulfonamides is 1. The zero-order chi connectivity index (χ0) is 15.7. The zero-order valence-electron chi connectivity index (χ0n) is 11.7. The van der Waals surface area contributed by atoms with Crippen LogP contribution < -0.4 is 10.5 Å². The van der Waals surface area contributed by atoms with Crippen LogP contribution >= 0.6 is 0 Å². The van der Waals surface area contributed by atoms with Crippen LogP contribution in [0.2, 0.25) is 0 Å². The van der Waals surface area contributed by atoms with E-state index >= 15 is 0 Å². The molecular formula is C12H19N3O4S2. The first kappa shape index (κ1) is 16.4. The molecule has 0 spiro atoms. The highest BCUT2D eigenvalue weighted by molar-refractivity contribution is 7.90. The van der Waals surface area contributed by atoms with Crippen molar-refractivity contribution in [2.24, 2.45) is 5.14 Å². The van der Waals surface area contributed by atoms with Gasteiger partial charge in [0.05, 0.1) is 9.79 Å². The summed E-state index contributed by atoms with van der Waals surface area (Å²) in [5, 5.41) is 8.26. The normalized spacial score (nSPS) is 20.0. The van der Waals surface area contributed by atoms with Crippen LogP contribution in [0.1, 0.15) is 12.8 Å². The van der Waals surface area contributed by atoms with Gasteiger partial charge >= 0.3 is 0 Å². The van der Waals surface area contributed by atoms with Crippen LogP contribution in [-0.2, 0) is 20.0 Å². The van der Waals surface area contributed by atoms with Gasteiger partial charge in [-0.05, 0) is 37.6 Å². The molecule has 118 valence electrons. The van der Waals surface area contributed by atoms with Gasteiger partial charge in [-0.2, -0.15) is 4.31 Å². The Morgan fingerprint density at radius 2 is 1.95 bits per heavy atom. The lowest BCUT2D eigenvalue weighted by Crippen LogP contribution is -2.38. The average Bonchev–Trinajstić information content (AvgIpc) is 2.90. The van der Waals surface area contributed by atoms with Gasteiger partial charge in [0.15, 0.2) is 0 Å². The smallest absolute Gasteiger partial charge is 0.242 e. The fourth-order valence-electron chi connectivity index (χ4n) is 2.31. The van der Waals surface area contributed by atoms with Crippen molar-refractivity contribution in [1.29, 1.82) is 0 Å². The van der Waals surface area contributed by atoms with Crippen LogP contribution in [0, 0.1) is 0 Å². The maximum Gasteiger partial charge on any atom is 0.242 e. The van der Waals surface area contributed by atoms with Crippen LogP contribution in [0.4, 0.5) is 0 Å². The standard InChI is InChI=1S/C12H19N3O4S2/c1-15(9-10-4-3-7-14-10)21(18,19)12-6-2-5-11(8-12)20(13,16)17/h2,5-6,8,10,14H,3-4,7,9H2,1H3,(H2,13,16,17). The van der Waals surface area contributed by atoms with E-state index in [2.05, 4.69) is 5.32 Å². The molecule has 1 aromatic carbocycles. The van der Waals surface area contributed by atoms with Crippen molar-refractivity contribution in [1.82, 2.24) is 9.62 Å². The Bertz CT molecular complexity index is 710. The molecule has 1 unspecified atom stereocenters. The van der Waals surface area contributed by atoms with E-state index in [9.17, 15) is 16.8 Å². The van der Waals surface area contributed by atoms with Gasteiger partial charge in [-0.1, -0.05) is 6.07 Å². The topological polar surface area (TPSA) is 110 Å². The first-order chi connectivity index (χ1) is 9.71. The Kier molecular flexibility index (Phi) is 4.69. The zero-order valence-corrected chi connectivity index (χ0v) is 13.3. The minimum atomic E-state index is -3.93. The van der Waals surface area contributed by atoms with Crippen molar-refractivity contribution in [3.8, 4) is 0 Å². The summed E-state index contributed by atoms with van der Waals surface area (Å²) in [5.74, 6) is 0. The van der Waals surface area contributed by atoms with E-state index in [0.29, 0.717) is 6.54 Å². The number of nitrogens with two attached hydrogens (primary N) is 1. The largest absolute Gasteiger partial charge is 0.313 e. The molecule has 1 fully saturated rings. The lowest BCUT2D eigenvalue weighted by Gasteiger charge is -2.21. The Labute approximate surface area is 125 Å². The molecule has 0 saturated carbocycles. The Morgan fingerprint density at radius 1 is 1.29 bits per heavy atom. The summed E-state index contributed by atoms with van der Waals surface area (Å²) in [6.45, 7) is 1.24. The van der Waals surface area contributed by atoms with Gasteiger partial charge in [0.1, 0.15) is 0 Å². The van der Waals surface area contributed by atoms with E-state index in [-0.39, 0.29) is 15.8 Å². The highest BCUT2D eigenvalue weighted by Crippen LogP contribution is 2.19. The summed E-state index contributed by atoms with van der Waals surface area (Å²) in [6.07, 6.45) is 1.95. The molecular weight excluding hydrogens is 314 g/mol. The van der Waals surface area contributed by atoms with E-state index in [4.69, 9.17) is 5.14 Å². The van der Waals surface area contributed by atoms with Crippen molar-refractivity contribution in [2.75, 3.05) is 20.1 Å². The molecule has 1 aromatic rings. The number of hydrogen-bond acceptors (Lipinski definition) is 5. The molecule has 1 atom stereocenters. The minimum absolute atomic E-state index is 0.0745. The summed E-state index contributed by atoms with van der Waals surface area (Å²) in [7, 11) is -6.18. The monoisotopic (exact) mass is 333 g/mol. The quantitative estimate of drug-likeness (QED) is 0.769. The second-order valence-electron chi connectivity index (χ2n) is 5.10. The molecule has 21 heavy (non-hydrogen) atoms. The van der Waals surface area contributed by atoms with Crippen LogP contribution in [-0.4, -0.2) is 47.3 Å². The van der Waals surface area contributed by atoms with Gasteiger partial charge in [-0.15, -0.1) is 0 Å². The summed E-state index contributed by atoms with van der Waals surface area (Å²) in [5.41, 5.74) is 0. The predicted molar refractivity (Wildman–Crippen MR) is 78.7 cm³/mol.